The number of carbonyl (C=O) groups excluding carboxylic acids is 2. The third-order valence-corrected chi connectivity index (χ3v) is 11.6. The second-order valence-corrected chi connectivity index (χ2v) is 13.3. The Labute approximate surface area is 209 Å². The molecule has 0 saturated heterocycles. The van der Waals surface area contributed by atoms with Crippen molar-refractivity contribution in [1.29, 1.82) is 0 Å². The van der Waals surface area contributed by atoms with Crippen molar-refractivity contribution in [1.82, 2.24) is 0 Å². The predicted octanol–water partition coefficient (Wildman–Crippen LogP) is 6.37. The van der Waals surface area contributed by atoms with Crippen molar-refractivity contribution in [2.24, 2.45) is 27.6 Å². The first kappa shape index (κ1) is 24.4. The molecule has 0 aromatic heterocycles. The summed E-state index contributed by atoms with van der Waals surface area (Å²) < 4.78 is 5.25. The first-order valence-corrected chi connectivity index (χ1v) is 13.1. The van der Waals surface area contributed by atoms with Crippen LogP contribution in [0.4, 0.5) is 0 Å². The summed E-state index contributed by atoms with van der Waals surface area (Å²) in [6, 6.07) is 1.62. The number of esters is 1. The lowest BCUT2D eigenvalue weighted by molar-refractivity contribution is -0.179. The van der Waals surface area contributed by atoms with Crippen LogP contribution in [0.1, 0.15) is 101 Å². The fourth-order valence-corrected chi connectivity index (χ4v) is 8.96. The van der Waals surface area contributed by atoms with Gasteiger partial charge in [-0.2, -0.15) is 0 Å². The summed E-state index contributed by atoms with van der Waals surface area (Å²) in [4.78, 5) is 26.4. The zero-order valence-electron chi connectivity index (χ0n) is 22.3. The van der Waals surface area contributed by atoms with Gasteiger partial charge in [0.15, 0.2) is 17.3 Å². The number of fused-ring (bicyclic) bond motifs is 7. The summed E-state index contributed by atoms with van der Waals surface area (Å²) in [5.74, 6) is -0.219. The number of carbonyl (C=O) groups is 2. The second kappa shape index (κ2) is 7.14. The number of ketones is 1. The number of allylic oxidation sites excluding steroid dienone is 2. The summed E-state index contributed by atoms with van der Waals surface area (Å²) in [6.45, 7) is 13.1. The highest BCUT2D eigenvalue weighted by molar-refractivity contribution is 6.10. The van der Waals surface area contributed by atoms with E-state index in [1.165, 1.54) is 7.11 Å². The Hall–Kier alpha value is -2.30. The van der Waals surface area contributed by atoms with E-state index in [0.717, 1.165) is 56.1 Å². The van der Waals surface area contributed by atoms with Gasteiger partial charge >= 0.3 is 5.97 Å². The predicted molar refractivity (Wildman–Crippen MR) is 135 cm³/mol. The Morgan fingerprint density at radius 1 is 1.00 bits per heavy atom. The molecule has 4 aliphatic rings. The Morgan fingerprint density at radius 2 is 1.66 bits per heavy atom. The van der Waals surface area contributed by atoms with Gasteiger partial charge in [-0.05, 0) is 104 Å². The number of ether oxygens (including phenoxy) is 1. The van der Waals surface area contributed by atoms with Crippen LogP contribution in [0.15, 0.2) is 17.7 Å². The van der Waals surface area contributed by atoms with Crippen LogP contribution >= 0.6 is 0 Å². The largest absolute Gasteiger partial charge is 0.504 e. The zero-order valence-corrected chi connectivity index (χ0v) is 22.3. The minimum absolute atomic E-state index is 0.0766. The molecular weight excluding hydrogens is 440 g/mol. The molecular formula is C30H40O5. The van der Waals surface area contributed by atoms with Crippen LogP contribution in [0.25, 0.3) is 0 Å². The maximum absolute atomic E-state index is 13.5. The van der Waals surface area contributed by atoms with Gasteiger partial charge in [0.2, 0.25) is 0 Å². The summed E-state index contributed by atoms with van der Waals surface area (Å²) in [7, 11) is 1.49. The topological polar surface area (TPSA) is 83.8 Å². The Balaban J connectivity index is 1.65. The molecule has 0 amide bonds. The maximum Gasteiger partial charge on any atom is 0.311 e. The van der Waals surface area contributed by atoms with Gasteiger partial charge in [-0.25, -0.2) is 0 Å². The van der Waals surface area contributed by atoms with Crippen molar-refractivity contribution in [3.05, 3.63) is 34.4 Å². The van der Waals surface area contributed by atoms with E-state index in [9.17, 15) is 19.8 Å². The van der Waals surface area contributed by atoms with E-state index in [2.05, 4.69) is 34.6 Å². The molecule has 6 atom stereocenters. The molecule has 1 aromatic carbocycles. The monoisotopic (exact) mass is 480 g/mol. The molecule has 5 heteroatoms. The maximum atomic E-state index is 13.5. The van der Waals surface area contributed by atoms with Crippen molar-refractivity contribution in [2.75, 3.05) is 7.11 Å². The quantitative estimate of drug-likeness (QED) is 0.360. The minimum atomic E-state index is -0.481. The average molecular weight is 481 g/mol. The first-order valence-electron chi connectivity index (χ1n) is 13.1. The molecule has 1 aromatic rings. The van der Waals surface area contributed by atoms with Crippen LogP contribution < -0.4 is 0 Å². The first-order chi connectivity index (χ1) is 16.2. The van der Waals surface area contributed by atoms with E-state index in [4.69, 9.17) is 4.74 Å². The molecule has 3 saturated carbocycles. The third kappa shape index (κ3) is 2.87. The molecule has 190 valence electrons. The highest BCUT2D eigenvalue weighted by atomic mass is 16.5. The molecule has 4 aliphatic carbocycles. The standard InChI is InChI=1S/C30H40O5/c1-17-23-18(14-20(32)24(17)33)28(4)11-13-30(6)22-16-27(3,25(34)35-7)9-8-26(22,2)10-12-29(30,5)21(28)15-19(23)31/h14-15,22,32-33H,8-13,16H2,1-7H3/t22-,26+,27+,28+,29+,30-/m0/s1. The number of benzene rings is 1. The third-order valence-electron chi connectivity index (χ3n) is 11.6. The Bertz CT molecular complexity index is 1180. The van der Waals surface area contributed by atoms with Crippen molar-refractivity contribution < 1.29 is 24.5 Å². The van der Waals surface area contributed by atoms with Gasteiger partial charge in [0.05, 0.1) is 12.5 Å². The van der Waals surface area contributed by atoms with E-state index in [0.29, 0.717) is 17.0 Å². The highest BCUT2D eigenvalue weighted by Crippen LogP contribution is 2.74. The fourth-order valence-electron chi connectivity index (χ4n) is 8.96. The zero-order chi connectivity index (χ0) is 25.8. The van der Waals surface area contributed by atoms with E-state index in [1.807, 2.05) is 6.08 Å². The van der Waals surface area contributed by atoms with Crippen molar-refractivity contribution in [2.45, 2.75) is 91.9 Å². The van der Waals surface area contributed by atoms with Crippen molar-refractivity contribution >= 4 is 11.8 Å². The van der Waals surface area contributed by atoms with E-state index in [1.54, 1.807) is 13.0 Å². The molecule has 0 radical (unpaired) electrons. The summed E-state index contributed by atoms with van der Waals surface area (Å²) >= 11 is 0. The molecule has 0 heterocycles. The number of rotatable bonds is 1. The second-order valence-electron chi connectivity index (χ2n) is 13.3. The summed E-state index contributed by atoms with van der Waals surface area (Å²) in [5.41, 5.74) is 1.99. The SMILES string of the molecule is COC(=O)[C@]1(C)CC[C@]2(C)CC[C@]3(C)C4=CC(=O)c5c(cc(O)c(O)c5C)[C@@]4(C)CC[C@@]3(C)[C@H]2C1. The van der Waals surface area contributed by atoms with Gasteiger partial charge in [0, 0.05) is 16.5 Å². The molecule has 35 heavy (non-hydrogen) atoms. The van der Waals surface area contributed by atoms with Crippen LogP contribution in [-0.4, -0.2) is 29.1 Å². The van der Waals surface area contributed by atoms with Gasteiger partial charge < -0.3 is 14.9 Å². The lowest BCUT2D eigenvalue weighted by atomic mass is 9.34. The van der Waals surface area contributed by atoms with Gasteiger partial charge in [-0.3, -0.25) is 9.59 Å². The minimum Gasteiger partial charge on any atom is -0.504 e. The highest BCUT2D eigenvalue weighted by Gasteiger charge is 2.67. The number of methoxy groups -OCH3 is 1. The Morgan fingerprint density at radius 3 is 2.31 bits per heavy atom. The molecule has 5 nitrogen and oxygen atoms in total. The number of phenols is 2. The van der Waals surface area contributed by atoms with Gasteiger partial charge in [0.25, 0.3) is 0 Å². The molecule has 0 bridgehead atoms. The van der Waals surface area contributed by atoms with Gasteiger partial charge in [0.1, 0.15) is 0 Å². The number of phenolic OH excluding ortho intramolecular Hbond substituents is 2. The van der Waals surface area contributed by atoms with Crippen LogP contribution in [0, 0.1) is 34.5 Å². The lowest BCUT2D eigenvalue weighted by Gasteiger charge is -2.69. The lowest BCUT2D eigenvalue weighted by Crippen LogP contribution is -2.62. The van der Waals surface area contributed by atoms with Crippen LogP contribution in [0.5, 0.6) is 11.5 Å². The molecule has 0 unspecified atom stereocenters. The normalized spacial score (nSPS) is 42.2. The summed E-state index contributed by atoms with van der Waals surface area (Å²) in [6.07, 6.45) is 8.43. The Kier molecular flexibility index (Phi) is 4.98. The smallest absolute Gasteiger partial charge is 0.311 e. The average Bonchev–Trinajstić information content (AvgIpc) is 2.81. The van der Waals surface area contributed by atoms with E-state index >= 15 is 0 Å². The fraction of sp³-hybridized carbons (Fsp3) is 0.667. The van der Waals surface area contributed by atoms with E-state index in [-0.39, 0.29) is 44.9 Å². The number of hydrogen-bond acceptors (Lipinski definition) is 5. The molecule has 0 spiro atoms. The molecule has 5 rings (SSSR count). The molecule has 2 N–H and O–H groups in total. The number of aromatic hydroxyl groups is 2. The van der Waals surface area contributed by atoms with Gasteiger partial charge in [-0.1, -0.05) is 27.7 Å². The van der Waals surface area contributed by atoms with Crippen molar-refractivity contribution in [3.63, 3.8) is 0 Å². The van der Waals surface area contributed by atoms with Crippen LogP contribution in [-0.2, 0) is 14.9 Å². The molecule has 0 aliphatic heterocycles. The van der Waals surface area contributed by atoms with E-state index < -0.39 is 5.41 Å². The van der Waals surface area contributed by atoms with Crippen LogP contribution in [0.2, 0.25) is 0 Å². The van der Waals surface area contributed by atoms with Gasteiger partial charge in [-0.15, -0.1) is 0 Å². The summed E-state index contributed by atoms with van der Waals surface area (Å²) in [5, 5.41) is 20.8. The van der Waals surface area contributed by atoms with Crippen LogP contribution in [0.3, 0.4) is 0 Å². The number of hydrogen-bond donors (Lipinski definition) is 2. The molecule has 3 fully saturated rings. The van der Waals surface area contributed by atoms with Crippen molar-refractivity contribution in [3.8, 4) is 11.5 Å².